The van der Waals surface area contributed by atoms with Crippen LogP contribution in [0.2, 0.25) is 0 Å². The number of likely N-dealkylation sites (tertiary alicyclic amines) is 1. The van der Waals surface area contributed by atoms with Crippen LogP contribution in [0.15, 0.2) is 24.3 Å². The summed E-state index contributed by atoms with van der Waals surface area (Å²) in [6.07, 6.45) is 3.24. The Morgan fingerprint density at radius 3 is 2.52 bits per heavy atom. The van der Waals surface area contributed by atoms with Gasteiger partial charge in [0.2, 0.25) is 0 Å². The van der Waals surface area contributed by atoms with Crippen LogP contribution in [0.1, 0.15) is 49.8 Å². The maximum atomic E-state index is 10.6. The van der Waals surface area contributed by atoms with Gasteiger partial charge in [-0.05, 0) is 62.9 Å². The molecule has 112 valence electrons. The Labute approximate surface area is 126 Å². The zero-order chi connectivity index (χ0) is 15.2. The average Bonchev–Trinajstić information content (AvgIpc) is 2.53. The van der Waals surface area contributed by atoms with Crippen molar-refractivity contribution in [3.05, 3.63) is 35.4 Å². The Morgan fingerprint density at radius 2 is 2.00 bits per heavy atom. The molecular formula is C17H22N2O2. The van der Waals surface area contributed by atoms with E-state index in [-0.39, 0.29) is 6.42 Å². The maximum Gasteiger partial charge on any atom is 0.303 e. The van der Waals surface area contributed by atoms with Crippen LogP contribution in [0.25, 0.3) is 0 Å². The van der Waals surface area contributed by atoms with Crippen LogP contribution in [-0.2, 0) is 4.79 Å². The van der Waals surface area contributed by atoms with Gasteiger partial charge in [0.1, 0.15) is 0 Å². The summed E-state index contributed by atoms with van der Waals surface area (Å²) in [5, 5.41) is 17.6. The van der Waals surface area contributed by atoms with Crippen molar-refractivity contribution in [3.63, 3.8) is 0 Å². The zero-order valence-electron chi connectivity index (χ0n) is 12.5. The first-order valence-electron chi connectivity index (χ1n) is 7.56. The van der Waals surface area contributed by atoms with Gasteiger partial charge in [0.15, 0.2) is 0 Å². The quantitative estimate of drug-likeness (QED) is 0.902. The Hall–Kier alpha value is -1.86. The Morgan fingerprint density at radius 1 is 1.38 bits per heavy atom. The molecule has 1 saturated heterocycles. The van der Waals surface area contributed by atoms with Gasteiger partial charge in [-0.15, -0.1) is 0 Å². The van der Waals surface area contributed by atoms with E-state index in [2.05, 4.69) is 17.9 Å². The molecule has 0 aliphatic carbocycles. The lowest BCUT2D eigenvalue weighted by molar-refractivity contribution is -0.137. The standard InChI is InChI=1S/C17H22N2O2/c1-13(16-5-2-15(12-18)3-6-16)19-10-8-14(9-11-19)4-7-17(20)21/h2-3,5-6,13-14H,4,7-11H2,1H3,(H,20,21). The van der Waals surface area contributed by atoms with E-state index in [4.69, 9.17) is 10.4 Å². The predicted molar refractivity (Wildman–Crippen MR) is 80.7 cm³/mol. The highest BCUT2D eigenvalue weighted by Gasteiger charge is 2.23. The Balaban J connectivity index is 1.86. The number of piperidine rings is 1. The van der Waals surface area contributed by atoms with E-state index >= 15 is 0 Å². The van der Waals surface area contributed by atoms with Crippen molar-refractivity contribution in [1.82, 2.24) is 4.90 Å². The minimum atomic E-state index is -0.691. The van der Waals surface area contributed by atoms with E-state index in [1.165, 1.54) is 5.56 Å². The fourth-order valence-electron chi connectivity index (χ4n) is 3.00. The van der Waals surface area contributed by atoms with Gasteiger partial charge in [0.05, 0.1) is 11.6 Å². The fraction of sp³-hybridized carbons (Fsp3) is 0.529. The molecular weight excluding hydrogens is 264 g/mol. The molecule has 1 aromatic carbocycles. The Bertz CT molecular complexity index is 511. The van der Waals surface area contributed by atoms with Crippen molar-refractivity contribution < 1.29 is 9.90 Å². The molecule has 0 aromatic heterocycles. The fourth-order valence-corrected chi connectivity index (χ4v) is 3.00. The third kappa shape index (κ3) is 4.30. The molecule has 1 aromatic rings. The summed E-state index contributed by atoms with van der Waals surface area (Å²) in [6.45, 7) is 4.23. The van der Waals surface area contributed by atoms with Crippen LogP contribution in [0, 0.1) is 17.2 Å². The van der Waals surface area contributed by atoms with Gasteiger partial charge in [-0.25, -0.2) is 0 Å². The molecule has 1 aliphatic heterocycles. The third-order valence-electron chi connectivity index (χ3n) is 4.49. The maximum absolute atomic E-state index is 10.6. The normalized spacial score (nSPS) is 18.1. The van der Waals surface area contributed by atoms with Crippen LogP contribution < -0.4 is 0 Å². The molecule has 4 nitrogen and oxygen atoms in total. The average molecular weight is 286 g/mol. The molecule has 1 atom stereocenters. The number of carbonyl (C=O) groups is 1. The molecule has 0 radical (unpaired) electrons. The van der Waals surface area contributed by atoms with E-state index in [1.54, 1.807) is 0 Å². The molecule has 4 heteroatoms. The smallest absolute Gasteiger partial charge is 0.303 e. The molecule has 1 fully saturated rings. The van der Waals surface area contributed by atoms with E-state index in [1.807, 2.05) is 24.3 Å². The van der Waals surface area contributed by atoms with Crippen molar-refractivity contribution in [1.29, 1.82) is 5.26 Å². The minimum absolute atomic E-state index is 0.288. The molecule has 0 bridgehead atoms. The van der Waals surface area contributed by atoms with E-state index in [0.29, 0.717) is 17.5 Å². The van der Waals surface area contributed by atoms with Crippen LogP contribution in [0.4, 0.5) is 0 Å². The molecule has 0 amide bonds. The second kappa shape index (κ2) is 7.24. The van der Waals surface area contributed by atoms with Gasteiger partial charge in [-0.1, -0.05) is 12.1 Å². The van der Waals surface area contributed by atoms with E-state index < -0.39 is 5.97 Å². The summed E-state index contributed by atoms with van der Waals surface area (Å²) in [5.74, 6) is -0.145. The summed E-state index contributed by atoms with van der Waals surface area (Å²) in [4.78, 5) is 13.1. The summed E-state index contributed by atoms with van der Waals surface area (Å²) >= 11 is 0. The highest BCUT2D eigenvalue weighted by atomic mass is 16.4. The van der Waals surface area contributed by atoms with Crippen molar-refractivity contribution in [2.45, 2.75) is 38.6 Å². The summed E-state index contributed by atoms with van der Waals surface area (Å²) in [7, 11) is 0. The zero-order valence-corrected chi connectivity index (χ0v) is 12.5. The second-order valence-corrected chi connectivity index (χ2v) is 5.82. The third-order valence-corrected chi connectivity index (χ3v) is 4.49. The number of carboxylic acid groups (broad SMARTS) is 1. The minimum Gasteiger partial charge on any atom is -0.481 e. The largest absolute Gasteiger partial charge is 0.481 e. The summed E-state index contributed by atoms with van der Waals surface area (Å²) < 4.78 is 0. The van der Waals surface area contributed by atoms with Crippen molar-refractivity contribution >= 4 is 5.97 Å². The number of nitrogens with zero attached hydrogens (tertiary/aromatic N) is 2. The number of hydrogen-bond donors (Lipinski definition) is 1. The first kappa shape index (κ1) is 15.5. The molecule has 1 aliphatic rings. The van der Waals surface area contributed by atoms with Gasteiger partial charge in [0, 0.05) is 12.5 Å². The molecule has 2 rings (SSSR count). The van der Waals surface area contributed by atoms with Crippen LogP contribution in [0.3, 0.4) is 0 Å². The number of benzene rings is 1. The number of rotatable bonds is 5. The van der Waals surface area contributed by atoms with Gasteiger partial charge < -0.3 is 5.11 Å². The lowest BCUT2D eigenvalue weighted by Crippen LogP contribution is -2.35. The molecule has 0 spiro atoms. The number of nitriles is 1. The molecule has 1 heterocycles. The lowest BCUT2D eigenvalue weighted by atomic mass is 9.91. The van der Waals surface area contributed by atoms with Crippen LogP contribution >= 0.6 is 0 Å². The topological polar surface area (TPSA) is 64.3 Å². The predicted octanol–water partition coefficient (Wildman–Crippen LogP) is 3.20. The van der Waals surface area contributed by atoms with Gasteiger partial charge in [-0.3, -0.25) is 9.69 Å². The van der Waals surface area contributed by atoms with Crippen molar-refractivity contribution in [3.8, 4) is 6.07 Å². The van der Waals surface area contributed by atoms with Crippen LogP contribution in [0.5, 0.6) is 0 Å². The van der Waals surface area contributed by atoms with Crippen molar-refractivity contribution in [2.75, 3.05) is 13.1 Å². The Kier molecular flexibility index (Phi) is 5.35. The SMILES string of the molecule is CC(c1ccc(C#N)cc1)N1CCC(CCC(=O)O)CC1. The molecule has 1 unspecified atom stereocenters. The molecule has 1 N–H and O–H groups in total. The summed E-state index contributed by atoms with van der Waals surface area (Å²) in [5.41, 5.74) is 1.93. The van der Waals surface area contributed by atoms with E-state index in [9.17, 15) is 4.79 Å². The van der Waals surface area contributed by atoms with Gasteiger partial charge in [-0.2, -0.15) is 5.26 Å². The number of aliphatic carboxylic acids is 1. The van der Waals surface area contributed by atoms with E-state index in [0.717, 1.165) is 32.4 Å². The summed E-state index contributed by atoms with van der Waals surface area (Å²) in [6, 6.07) is 10.3. The highest BCUT2D eigenvalue weighted by molar-refractivity contribution is 5.66. The van der Waals surface area contributed by atoms with Gasteiger partial charge >= 0.3 is 5.97 Å². The first-order chi connectivity index (χ1) is 10.1. The molecule has 21 heavy (non-hydrogen) atoms. The first-order valence-corrected chi connectivity index (χ1v) is 7.56. The monoisotopic (exact) mass is 286 g/mol. The van der Waals surface area contributed by atoms with Gasteiger partial charge in [0.25, 0.3) is 0 Å². The number of hydrogen-bond acceptors (Lipinski definition) is 3. The lowest BCUT2D eigenvalue weighted by Gasteiger charge is -2.36. The number of carboxylic acids is 1. The molecule has 0 saturated carbocycles. The second-order valence-electron chi connectivity index (χ2n) is 5.82. The highest BCUT2D eigenvalue weighted by Crippen LogP contribution is 2.28. The van der Waals surface area contributed by atoms with Crippen LogP contribution in [-0.4, -0.2) is 29.1 Å². The van der Waals surface area contributed by atoms with Crippen molar-refractivity contribution in [2.24, 2.45) is 5.92 Å².